The Kier molecular flexibility index (Phi) is 4.59. The van der Waals surface area contributed by atoms with Gasteiger partial charge in [-0.3, -0.25) is 9.69 Å². The molecule has 3 aliphatic heterocycles. The van der Waals surface area contributed by atoms with Crippen LogP contribution in [0.4, 0.5) is 0 Å². The standard InChI is InChI=1S/C18H28N4O2/c23-17-3-4-18(14-22(17)12-15-2-1-11-24-15)5-9-21(10-6-18)13-16-19-7-8-20-16/h7-8,15H,1-6,9-14H2,(H,19,20). The van der Waals surface area contributed by atoms with Gasteiger partial charge in [-0.1, -0.05) is 0 Å². The summed E-state index contributed by atoms with van der Waals surface area (Å²) in [6, 6.07) is 0. The average Bonchev–Trinajstić information content (AvgIpc) is 3.27. The first-order valence-corrected chi connectivity index (χ1v) is 9.32. The number of hydrogen-bond donors (Lipinski definition) is 1. The number of carbonyl (C=O) groups is 1. The second-order valence-corrected chi connectivity index (χ2v) is 7.72. The Hall–Kier alpha value is -1.40. The van der Waals surface area contributed by atoms with Gasteiger partial charge in [-0.05, 0) is 50.6 Å². The lowest BCUT2D eigenvalue weighted by molar-refractivity contribution is -0.141. The van der Waals surface area contributed by atoms with Crippen LogP contribution in [0.1, 0.15) is 44.3 Å². The van der Waals surface area contributed by atoms with Gasteiger partial charge in [0.05, 0.1) is 12.6 Å². The second kappa shape index (κ2) is 6.84. The highest BCUT2D eigenvalue weighted by molar-refractivity contribution is 5.77. The highest BCUT2D eigenvalue weighted by atomic mass is 16.5. The first-order valence-electron chi connectivity index (χ1n) is 9.32. The first kappa shape index (κ1) is 16.1. The third-order valence-corrected chi connectivity index (χ3v) is 6.04. The molecule has 1 spiro atoms. The summed E-state index contributed by atoms with van der Waals surface area (Å²) < 4.78 is 5.74. The van der Waals surface area contributed by atoms with Crippen molar-refractivity contribution >= 4 is 5.91 Å². The van der Waals surface area contributed by atoms with E-state index in [-0.39, 0.29) is 6.10 Å². The van der Waals surface area contributed by atoms with Crippen LogP contribution < -0.4 is 0 Å². The summed E-state index contributed by atoms with van der Waals surface area (Å²) in [5, 5.41) is 0. The molecule has 1 amide bonds. The molecule has 0 bridgehead atoms. The maximum absolute atomic E-state index is 12.3. The minimum atomic E-state index is 0.267. The van der Waals surface area contributed by atoms with E-state index in [0.717, 1.165) is 64.4 Å². The Morgan fingerprint density at radius 1 is 1.33 bits per heavy atom. The Morgan fingerprint density at radius 2 is 2.21 bits per heavy atom. The summed E-state index contributed by atoms with van der Waals surface area (Å²) in [5.74, 6) is 1.37. The molecule has 0 aromatic carbocycles. The maximum atomic E-state index is 12.3. The second-order valence-electron chi connectivity index (χ2n) is 7.72. The van der Waals surface area contributed by atoms with Crippen molar-refractivity contribution in [3.63, 3.8) is 0 Å². The number of likely N-dealkylation sites (tertiary alicyclic amines) is 2. The van der Waals surface area contributed by atoms with E-state index < -0.39 is 0 Å². The molecule has 3 saturated heterocycles. The van der Waals surface area contributed by atoms with Crippen LogP contribution in [0.15, 0.2) is 12.4 Å². The Morgan fingerprint density at radius 3 is 2.92 bits per heavy atom. The van der Waals surface area contributed by atoms with Crippen molar-refractivity contribution in [3.8, 4) is 0 Å². The lowest BCUT2D eigenvalue weighted by atomic mass is 9.72. The van der Waals surface area contributed by atoms with Crippen molar-refractivity contribution in [1.82, 2.24) is 19.8 Å². The van der Waals surface area contributed by atoms with Gasteiger partial charge in [-0.15, -0.1) is 0 Å². The van der Waals surface area contributed by atoms with Gasteiger partial charge in [-0.2, -0.15) is 0 Å². The third kappa shape index (κ3) is 3.49. The SMILES string of the molecule is O=C1CCC2(CCN(Cc3ncc[nH]3)CC2)CN1CC1CCCO1. The van der Waals surface area contributed by atoms with E-state index in [2.05, 4.69) is 19.8 Å². The van der Waals surface area contributed by atoms with Crippen LogP contribution >= 0.6 is 0 Å². The fourth-order valence-corrected chi connectivity index (χ4v) is 4.49. The topological polar surface area (TPSA) is 61.5 Å². The van der Waals surface area contributed by atoms with E-state index in [0.29, 0.717) is 17.7 Å². The molecule has 1 aromatic heterocycles. The maximum Gasteiger partial charge on any atom is 0.222 e. The molecule has 0 saturated carbocycles. The zero-order valence-electron chi connectivity index (χ0n) is 14.4. The normalized spacial score (nSPS) is 27.9. The molecule has 6 heteroatoms. The number of H-pyrrole nitrogens is 1. The number of aromatic amines is 1. The van der Waals surface area contributed by atoms with Crippen LogP contribution in [0.25, 0.3) is 0 Å². The summed E-state index contributed by atoms with van der Waals surface area (Å²) in [5.41, 5.74) is 0.326. The van der Waals surface area contributed by atoms with Gasteiger partial charge in [0, 0.05) is 38.5 Å². The van der Waals surface area contributed by atoms with Gasteiger partial charge in [0.15, 0.2) is 0 Å². The molecule has 1 unspecified atom stereocenters. The molecule has 6 nitrogen and oxygen atoms in total. The Labute approximate surface area is 143 Å². The Bertz CT molecular complexity index is 545. The summed E-state index contributed by atoms with van der Waals surface area (Å²) in [6.45, 7) is 5.70. The molecule has 1 N–H and O–H groups in total. The van der Waals surface area contributed by atoms with E-state index >= 15 is 0 Å². The molecular formula is C18H28N4O2. The predicted molar refractivity (Wildman–Crippen MR) is 90.3 cm³/mol. The highest BCUT2D eigenvalue weighted by Crippen LogP contribution is 2.40. The monoisotopic (exact) mass is 332 g/mol. The van der Waals surface area contributed by atoms with E-state index in [9.17, 15) is 4.79 Å². The van der Waals surface area contributed by atoms with Crippen molar-refractivity contribution in [3.05, 3.63) is 18.2 Å². The molecule has 4 heterocycles. The molecule has 0 radical (unpaired) electrons. The molecule has 3 fully saturated rings. The lowest BCUT2D eigenvalue weighted by Gasteiger charge is -2.47. The molecule has 3 aliphatic rings. The number of aromatic nitrogens is 2. The number of carbonyl (C=O) groups excluding carboxylic acids is 1. The fraction of sp³-hybridized carbons (Fsp3) is 0.778. The van der Waals surface area contributed by atoms with E-state index in [4.69, 9.17) is 4.74 Å². The molecule has 1 aromatic rings. The van der Waals surface area contributed by atoms with Gasteiger partial charge in [0.2, 0.25) is 5.91 Å². The molecule has 0 aliphatic carbocycles. The number of hydrogen-bond acceptors (Lipinski definition) is 4. The van der Waals surface area contributed by atoms with Crippen LogP contribution in [0.2, 0.25) is 0 Å². The number of nitrogens with zero attached hydrogens (tertiary/aromatic N) is 3. The molecule has 132 valence electrons. The quantitative estimate of drug-likeness (QED) is 0.913. The third-order valence-electron chi connectivity index (χ3n) is 6.04. The minimum absolute atomic E-state index is 0.267. The molecule has 24 heavy (non-hydrogen) atoms. The van der Waals surface area contributed by atoms with Crippen molar-refractivity contribution in [1.29, 1.82) is 0 Å². The van der Waals surface area contributed by atoms with E-state index in [1.54, 1.807) is 0 Å². The van der Waals surface area contributed by atoms with Crippen molar-refractivity contribution < 1.29 is 9.53 Å². The predicted octanol–water partition coefficient (Wildman–Crippen LogP) is 1.79. The van der Waals surface area contributed by atoms with Gasteiger partial charge in [0.25, 0.3) is 0 Å². The number of nitrogens with one attached hydrogen (secondary N) is 1. The first-order chi connectivity index (χ1) is 11.7. The molecule has 1 atom stereocenters. The van der Waals surface area contributed by atoms with Crippen LogP contribution in [0.3, 0.4) is 0 Å². The zero-order chi connectivity index (χ0) is 16.4. The van der Waals surface area contributed by atoms with Gasteiger partial charge >= 0.3 is 0 Å². The van der Waals surface area contributed by atoms with Crippen LogP contribution in [0, 0.1) is 5.41 Å². The minimum Gasteiger partial charge on any atom is -0.376 e. The summed E-state index contributed by atoms with van der Waals surface area (Å²) >= 11 is 0. The number of rotatable bonds is 4. The van der Waals surface area contributed by atoms with Crippen molar-refractivity contribution in [2.45, 2.75) is 51.2 Å². The van der Waals surface area contributed by atoms with Crippen LogP contribution in [-0.2, 0) is 16.1 Å². The largest absolute Gasteiger partial charge is 0.376 e. The van der Waals surface area contributed by atoms with E-state index in [1.165, 1.54) is 12.8 Å². The van der Waals surface area contributed by atoms with Gasteiger partial charge in [-0.25, -0.2) is 4.98 Å². The van der Waals surface area contributed by atoms with Gasteiger partial charge < -0.3 is 14.6 Å². The average molecular weight is 332 g/mol. The van der Waals surface area contributed by atoms with Crippen LogP contribution in [-0.4, -0.2) is 64.6 Å². The van der Waals surface area contributed by atoms with Crippen molar-refractivity contribution in [2.24, 2.45) is 5.41 Å². The lowest BCUT2D eigenvalue weighted by Crippen LogP contribution is -2.52. The van der Waals surface area contributed by atoms with Gasteiger partial charge in [0.1, 0.15) is 5.82 Å². The van der Waals surface area contributed by atoms with Crippen LogP contribution in [0.5, 0.6) is 0 Å². The number of ether oxygens (including phenoxy) is 1. The summed E-state index contributed by atoms with van der Waals surface area (Å²) in [4.78, 5) is 24.4. The summed E-state index contributed by atoms with van der Waals surface area (Å²) in [6.07, 6.45) is 10.3. The zero-order valence-corrected chi connectivity index (χ0v) is 14.4. The smallest absolute Gasteiger partial charge is 0.222 e. The summed E-state index contributed by atoms with van der Waals surface area (Å²) in [7, 11) is 0. The molecule has 4 rings (SSSR count). The number of piperidine rings is 2. The fourth-order valence-electron chi connectivity index (χ4n) is 4.49. The molecular weight excluding hydrogens is 304 g/mol. The van der Waals surface area contributed by atoms with Crippen molar-refractivity contribution in [2.75, 3.05) is 32.8 Å². The number of imidazole rings is 1. The van der Waals surface area contributed by atoms with E-state index in [1.807, 2.05) is 12.4 Å². The highest BCUT2D eigenvalue weighted by Gasteiger charge is 2.41. The number of amides is 1. The Balaban J connectivity index is 1.32.